The molecule has 6 nitrogen and oxygen atoms in total. The van der Waals surface area contributed by atoms with Crippen LogP contribution < -0.4 is 9.47 Å². The molecule has 2 heterocycles. The summed E-state index contributed by atoms with van der Waals surface area (Å²) in [5.74, 6) is 2.56. The fourth-order valence-corrected chi connectivity index (χ4v) is 3.18. The van der Waals surface area contributed by atoms with Gasteiger partial charge in [0.1, 0.15) is 30.2 Å². The van der Waals surface area contributed by atoms with Crippen LogP contribution in [0.15, 0.2) is 71.1 Å². The number of rotatable bonds is 6. The fraction of sp³-hybridized carbons (Fsp3) is 0.227. The van der Waals surface area contributed by atoms with Crippen LogP contribution in [0.25, 0.3) is 17.0 Å². The van der Waals surface area contributed by atoms with Crippen molar-refractivity contribution < 1.29 is 23.5 Å². The van der Waals surface area contributed by atoms with Crippen LogP contribution in [0.4, 0.5) is 0 Å². The lowest BCUT2D eigenvalue weighted by Crippen LogP contribution is -2.02. The summed E-state index contributed by atoms with van der Waals surface area (Å²) in [5, 5.41) is 4.15. The number of methoxy groups -OCH3 is 2. The summed E-state index contributed by atoms with van der Waals surface area (Å²) in [4.78, 5) is 0. The molecular weight excluding hydrogens is 358 g/mol. The van der Waals surface area contributed by atoms with E-state index in [1.165, 1.54) is 5.57 Å². The first-order valence-corrected chi connectivity index (χ1v) is 9.02. The van der Waals surface area contributed by atoms with E-state index in [1.54, 1.807) is 33.0 Å². The van der Waals surface area contributed by atoms with Gasteiger partial charge in [-0.2, -0.15) is 0 Å². The van der Waals surface area contributed by atoms with Gasteiger partial charge >= 0.3 is 0 Å². The molecule has 0 amide bonds. The van der Waals surface area contributed by atoms with Gasteiger partial charge in [-0.1, -0.05) is 29.0 Å². The van der Waals surface area contributed by atoms with Crippen molar-refractivity contribution in [3.63, 3.8) is 0 Å². The van der Waals surface area contributed by atoms with Crippen molar-refractivity contribution in [2.75, 3.05) is 14.2 Å². The van der Waals surface area contributed by atoms with Crippen LogP contribution in [0.2, 0.25) is 0 Å². The summed E-state index contributed by atoms with van der Waals surface area (Å²) < 4.78 is 27.5. The SMILES string of the molecule is COc1ccc(-c2nocc2C2=COC=C(CC3=CC=CCC3)O2)cc1OC. The Balaban J connectivity index is 1.57. The van der Waals surface area contributed by atoms with E-state index in [9.17, 15) is 0 Å². The highest BCUT2D eigenvalue weighted by molar-refractivity contribution is 5.77. The predicted octanol–water partition coefficient (Wildman–Crippen LogP) is 5.21. The lowest BCUT2D eigenvalue weighted by Gasteiger charge is -2.18. The maximum Gasteiger partial charge on any atom is 0.174 e. The minimum atomic E-state index is 0.551. The third-order valence-electron chi connectivity index (χ3n) is 4.61. The molecule has 2 aromatic rings. The highest BCUT2D eigenvalue weighted by Gasteiger charge is 2.21. The Morgan fingerprint density at radius 2 is 2.00 bits per heavy atom. The van der Waals surface area contributed by atoms with E-state index < -0.39 is 0 Å². The van der Waals surface area contributed by atoms with Gasteiger partial charge in [0.05, 0.1) is 19.8 Å². The number of aromatic nitrogens is 1. The zero-order valence-electron chi connectivity index (χ0n) is 15.8. The van der Waals surface area contributed by atoms with Crippen LogP contribution in [0.3, 0.4) is 0 Å². The molecule has 144 valence electrons. The van der Waals surface area contributed by atoms with Crippen molar-refractivity contribution in [3.05, 3.63) is 72.1 Å². The number of nitrogens with zero attached hydrogens (tertiary/aromatic N) is 1. The van der Waals surface area contributed by atoms with E-state index in [4.69, 9.17) is 23.5 Å². The van der Waals surface area contributed by atoms with Crippen LogP contribution in [0.5, 0.6) is 11.5 Å². The molecule has 0 atom stereocenters. The standard InChI is InChI=1S/C22H21NO5/c1-24-19-9-8-16(11-20(19)25-2)22-18(13-27-23-22)21-14-26-12-17(28-21)10-15-6-4-3-5-7-15/h3-4,6,8-9,11-14H,5,7,10H2,1-2H3. The molecule has 28 heavy (non-hydrogen) atoms. The number of hydrogen-bond acceptors (Lipinski definition) is 6. The smallest absolute Gasteiger partial charge is 0.174 e. The van der Waals surface area contributed by atoms with Crippen molar-refractivity contribution in [2.24, 2.45) is 0 Å². The number of allylic oxidation sites excluding steroid dienone is 4. The second-order valence-corrected chi connectivity index (χ2v) is 6.42. The van der Waals surface area contributed by atoms with E-state index in [0.717, 1.165) is 24.2 Å². The zero-order valence-corrected chi connectivity index (χ0v) is 15.8. The van der Waals surface area contributed by atoms with Gasteiger partial charge in [0.2, 0.25) is 0 Å². The second-order valence-electron chi connectivity index (χ2n) is 6.42. The Morgan fingerprint density at radius 1 is 1.11 bits per heavy atom. The van der Waals surface area contributed by atoms with Gasteiger partial charge < -0.3 is 23.5 Å². The lowest BCUT2D eigenvalue weighted by atomic mass is 10.0. The van der Waals surface area contributed by atoms with Crippen LogP contribution in [0.1, 0.15) is 24.8 Å². The Morgan fingerprint density at radius 3 is 2.79 bits per heavy atom. The summed E-state index contributed by atoms with van der Waals surface area (Å²) in [6.07, 6.45) is 13.9. The van der Waals surface area contributed by atoms with Gasteiger partial charge in [0.15, 0.2) is 17.3 Å². The fourth-order valence-electron chi connectivity index (χ4n) is 3.18. The van der Waals surface area contributed by atoms with Crippen LogP contribution >= 0.6 is 0 Å². The Hall–Kier alpha value is -3.41. The van der Waals surface area contributed by atoms with Gasteiger partial charge in [-0.3, -0.25) is 0 Å². The van der Waals surface area contributed by atoms with Crippen LogP contribution in [-0.2, 0) is 9.47 Å². The zero-order chi connectivity index (χ0) is 19.3. The average Bonchev–Trinajstić information content (AvgIpc) is 3.24. The molecule has 0 bridgehead atoms. The number of hydrogen-bond donors (Lipinski definition) is 0. The molecule has 0 N–H and O–H groups in total. The number of benzene rings is 1. The van der Waals surface area contributed by atoms with Crippen molar-refractivity contribution >= 4 is 5.76 Å². The molecule has 4 rings (SSSR count). The lowest BCUT2D eigenvalue weighted by molar-refractivity contribution is 0.273. The van der Waals surface area contributed by atoms with Gasteiger partial charge in [-0.25, -0.2) is 0 Å². The highest BCUT2D eigenvalue weighted by Crippen LogP contribution is 2.37. The maximum atomic E-state index is 6.07. The van der Waals surface area contributed by atoms with Crippen molar-refractivity contribution in [3.8, 4) is 22.8 Å². The van der Waals surface area contributed by atoms with Crippen molar-refractivity contribution in [1.29, 1.82) is 0 Å². The highest BCUT2D eigenvalue weighted by atomic mass is 16.5. The van der Waals surface area contributed by atoms with Gasteiger partial charge in [0.25, 0.3) is 0 Å². The molecule has 1 aromatic heterocycles. The van der Waals surface area contributed by atoms with E-state index in [2.05, 4.69) is 23.4 Å². The minimum Gasteiger partial charge on any atom is -0.493 e. The van der Waals surface area contributed by atoms with Gasteiger partial charge in [0, 0.05) is 12.0 Å². The average molecular weight is 379 g/mol. The summed E-state index contributed by atoms with van der Waals surface area (Å²) in [5.41, 5.74) is 3.47. The molecule has 0 radical (unpaired) electrons. The van der Waals surface area contributed by atoms with Crippen molar-refractivity contribution in [1.82, 2.24) is 5.16 Å². The quantitative estimate of drug-likeness (QED) is 0.686. The Kier molecular flexibility index (Phi) is 5.19. The third-order valence-corrected chi connectivity index (χ3v) is 4.61. The summed E-state index contributed by atoms with van der Waals surface area (Å²) in [6, 6.07) is 5.57. The first kappa shape index (κ1) is 18.0. The van der Waals surface area contributed by atoms with Crippen LogP contribution in [0, 0.1) is 0 Å². The van der Waals surface area contributed by atoms with E-state index >= 15 is 0 Å². The first-order chi connectivity index (χ1) is 13.8. The van der Waals surface area contributed by atoms with E-state index in [-0.39, 0.29) is 0 Å². The molecule has 2 aliphatic rings. The monoisotopic (exact) mass is 379 g/mol. The topological polar surface area (TPSA) is 63.0 Å². The van der Waals surface area contributed by atoms with Gasteiger partial charge in [-0.15, -0.1) is 0 Å². The second kappa shape index (κ2) is 8.08. The molecule has 1 aromatic carbocycles. The largest absolute Gasteiger partial charge is 0.493 e. The van der Waals surface area contributed by atoms with Crippen molar-refractivity contribution in [2.45, 2.75) is 19.3 Å². The summed E-state index contributed by atoms with van der Waals surface area (Å²) in [7, 11) is 3.20. The summed E-state index contributed by atoms with van der Waals surface area (Å²) >= 11 is 0. The third kappa shape index (κ3) is 3.67. The molecule has 6 heteroatoms. The first-order valence-electron chi connectivity index (χ1n) is 9.02. The molecule has 0 saturated carbocycles. The number of ether oxygens (including phenoxy) is 4. The van der Waals surface area contributed by atoms with Crippen LogP contribution in [-0.4, -0.2) is 19.4 Å². The normalized spacial score (nSPS) is 15.7. The predicted molar refractivity (Wildman–Crippen MR) is 104 cm³/mol. The molecule has 0 spiro atoms. The molecule has 1 aliphatic carbocycles. The van der Waals surface area contributed by atoms with Gasteiger partial charge in [-0.05, 0) is 31.0 Å². The molecule has 0 saturated heterocycles. The molecule has 0 unspecified atom stereocenters. The molecule has 0 fully saturated rings. The maximum absolute atomic E-state index is 6.07. The minimum absolute atomic E-state index is 0.551. The Labute approximate surface area is 163 Å². The van der Waals surface area contributed by atoms with E-state index in [0.29, 0.717) is 34.9 Å². The molecule has 1 aliphatic heterocycles. The van der Waals surface area contributed by atoms with E-state index in [1.807, 2.05) is 18.2 Å². The summed E-state index contributed by atoms with van der Waals surface area (Å²) in [6.45, 7) is 0. The molecular formula is C22H21NO5. The Bertz CT molecular complexity index is 981.